The molecule has 0 saturated carbocycles. The van der Waals surface area contributed by atoms with Gasteiger partial charge in [-0.2, -0.15) is 5.26 Å². The second-order valence-electron chi connectivity index (χ2n) is 3.27. The molecule has 4 nitrogen and oxygen atoms in total. The lowest BCUT2D eigenvalue weighted by Gasteiger charge is -2.13. The van der Waals surface area contributed by atoms with Crippen LogP contribution in [0.1, 0.15) is 23.5 Å². The highest BCUT2D eigenvalue weighted by atomic mass is 32.1. The molecule has 0 saturated heterocycles. The maximum absolute atomic E-state index is 8.93. The van der Waals surface area contributed by atoms with Crippen molar-refractivity contribution in [3.05, 3.63) is 40.6 Å². The van der Waals surface area contributed by atoms with Crippen molar-refractivity contribution in [1.29, 1.82) is 5.26 Å². The molecular weight excluding hydrogens is 220 g/mol. The molecule has 0 aliphatic heterocycles. The van der Waals surface area contributed by atoms with Gasteiger partial charge in [-0.25, -0.2) is 4.98 Å². The smallest absolute Gasteiger partial charge is 0.115 e. The zero-order valence-electron chi connectivity index (χ0n) is 8.71. The van der Waals surface area contributed by atoms with Gasteiger partial charge >= 0.3 is 0 Å². The minimum Gasteiger partial charge on any atom is -0.374 e. The summed E-state index contributed by atoms with van der Waals surface area (Å²) < 4.78 is 0. The monoisotopic (exact) mass is 230 g/mol. The first kappa shape index (κ1) is 10.6. The maximum atomic E-state index is 8.93. The summed E-state index contributed by atoms with van der Waals surface area (Å²) in [6.45, 7) is 2.01. The third-order valence-electron chi connectivity index (χ3n) is 2.14. The van der Waals surface area contributed by atoms with Gasteiger partial charge in [0.25, 0.3) is 0 Å². The van der Waals surface area contributed by atoms with Gasteiger partial charge in [-0.1, -0.05) is 0 Å². The number of rotatable bonds is 3. The molecule has 16 heavy (non-hydrogen) atoms. The van der Waals surface area contributed by atoms with E-state index in [0.29, 0.717) is 5.56 Å². The summed E-state index contributed by atoms with van der Waals surface area (Å²) in [5.74, 6) is 0. The van der Waals surface area contributed by atoms with Gasteiger partial charge in [-0.3, -0.25) is 4.98 Å². The van der Waals surface area contributed by atoms with Crippen LogP contribution in [0.25, 0.3) is 0 Å². The minimum atomic E-state index is 0.0799. The van der Waals surface area contributed by atoms with E-state index in [1.54, 1.807) is 36.0 Å². The first-order valence-corrected chi connectivity index (χ1v) is 5.69. The molecular formula is C11H10N4S. The Morgan fingerprint density at radius 1 is 1.50 bits per heavy atom. The van der Waals surface area contributed by atoms with E-state index >= 15 is 0 Å². The fourth-order valence-electron chi connectivity index (χ4n) is 1.35. The second kappa shape index (κ2) is 4.73. The van der Waals surface area contributed by atoms with E-state index in [0.717, 1.165) is 10.7 Å². The lowest BCUT2D eigenvalue weighted by molar-refractivity contribution is 0.867. The molecule has 80 valence electrons. The Labute approximate surface area is 97.6 Å². The maximum Gasteiger partial charge on any atom is 0.115 e. The highest BCUT2D eigenvalue weighted by Crippen LogP contribution is 2.22. The van der Waals surface area contributed by atoms with Crippen LogP contribution >= 0.6 is 11.3 Å². The van der Waals surface area contributed by atoms with Crippen LogP contribution in [0, 0.1) is 11.3 Å². The van der Waals surface area contributed by atoms with Gasteiger partial charge in [0.1, 0.15) is 11.1 Å². The van der Waals surface area contributed by atoms with E-state index in [4.69, 9.17) is 5.26 Å². The number of nitrogens with zero attached hydrogens (tertiary/aromatic N) is 3. The number of aromatic nitrogens is 2. The highest BCUT2D eigenvalue weighted by molar-refractivity contribution is 7.09. The first-order valence-electron chi connectivity index (χ1n) is 4.81. The van der Waals surface area contributed by atoms with E-state index in [9.17, 15) is 0 Å². The number of nitrogens with one attached hydrogen (secondary N) is 1. The van der Waals surface area contributed by atoms with Gasteiger partial charge in [0.05, 0.1) is 23.5 Å². The average Bonchev–Trinajstić information content (AvgIpc) is 2.83. The van der Waals surface area contributed by atoms with Crippen molar-refractivity contribution >= 4 is 17.0 Å². The van der Waals surface area contributed by atoms with Crippen molar-refractivity contribution < 1.29 is 0 Å². The van der Waals surface area contributed by atoms with Crippen LogP contribution in [0.5, 0.6) is 0 Å². The van der Waals surface area contributed by atoms with Crippen molar-refractivity contribution in [2.75, 3.05) is 5.32 Å². The molecule has 2 heterocycles. The standard InChI is InChI=1S/C11H10N4S/c1-8(11-14-4-5-16-11)15-10-7-13-3-2-9(10)6-12/h2-5,7-8,15H,1H3. The molecule has 0 aliphatic carbocycles. The summed E-state index contributed by atoms with van der Waals surface area (Å²) in [7, 11) is 0. The van der Waals surface area contributed by atoms with Crippen LogP contribution in [0.15, 0.2) is 30.0 Å². The van der Waals surface area contributed by atoms with Gasteiger partial charge in [0, 0.05) is 17.8 Å². The molecule has 0 amide bonds. The van der Waals surface area contributed by atoms with Gasteiger partial charge in [-0.15, -0.1) is 11.3 Å². The molecule has 5 heteroatoms. The molecule has 1 atom stereocenters. The van der Waals surface area contributed by atoms with Crippen LogP contribution in [0.3, 0.4) is 0 Å². The fourth-order valence-corrected chi connectivity index (χ4v) is 2.00. The predicted molar refractivity (Wildman–Crippen MR) is 63.1 cm³/mol. The van der Waals surface area contributed by atoms with Gasteiger partial charge in [0.15, 0.2) is 0 Å². The average molecular weight is 230 g/mol. The molecule has 2 aromatic rings. The largest absolute Gasteiger partial charge is 0.374 e. The fraction of sp³-hybridized carbons (Fsp3) is 0.182. The topological polar surface area (TPSA) is 61.6 Å². The van der Waals surface area contributed by atoms with Crippen molar-refractivity contribution in [2.45, 2.75) is 13.0 Å². The number of anilines is 1. The summed E-state index contributed by atoms with van der Waals surface area (Å²) in [5, 5.41) is 15.1. The molecule has 0 fully saturated rings. The number of hydrogen-bond acceptors (Lipinski definition) is 5. The van der Waals surface area contributed by atoms with E-state index in [1.165, 1.54) is 0 Å². The van der Waals surface area contributed by atoms with E-state index in [1.807, 2.05) is 12.3 Å². The van der Waals surface area contributed by atoms with Gasteiger partial charge in [0.2, 0.25) is 0 Å². The highest BCUT2D eigenvalue weighted by Gasteiger charge is 2.09. The number of nitriles is 1. The Kier molecular flexibility index (Phi) is 3.13. The Bertz CT molecular complexity index is 501. The molecule has 0 aromatic carbocycles. The molecule has 0 bridgehead atoms. The molecule has 1 N–H and O–H groups in total. The SMILES string of the molecule is CC(Nc1cnccc1C#N)c1nccs1. The third kappa shape index (κ3) is 2.18. The summed E-state index contributed by atoms with van der Waals surface area (Å²) in [6, 6.07) is 3.90. The predicted octanol–water partition coefficient (Wildman–Crippen LogP) is 2.58. The summed E-state index contributed by atoms with van der Waals surface area (Å²) >= 11 is 1.59. The zero-order valence-corrected chi connectivity index (χ0v) is 9.53. The van der Waals surface area contributed by atoms with Gasteiger partial charge < -0.3 is 5.32 Å². The summed E-state index contributed by atoms with van der Waals surface area (Å²) in [4.78, 5) is 8.22. The molecule has 2 aromatic heterocycles. The van der Waals surface area contributed by atoms with E-state index in [2.05, 4.69) is 21.4 Å². The van der Waals surface area contributed by atoms with Crippen molar-refractivity contribution in [3.63, 3.8) is 0 Å². The Morgan fingerprint density at radius 3 is 3.06 bits per heavy atom. The third-order valence-corrected chi connectivity index (χ3v) is 3.09. The lowest BCUT2D eigenvalue weighted by Crippen LogP contribution is -2.07. The first-order chi connectivity index (χ1) is 7.81. The number of pyridine rings is 1. The molecule has 2 rings (SSSR count). The van der Waals surface area contributed by atoms with Crippen LogP contribution in [0.2, 0.25) is 0 Å². The van der Waals surface area contributed by atoms with Crippen molar-refractivity contribution in [2.24, 2.45) is 0 Å². The summed E-state index contributed by atoms with van der Waals surface area (Å²) in [6.07, 6.45) is 5.03. The molecule has 0 spiro atoms. The Morgan fingerprint density at radius 2 is 2.38 bits per heavy atom. The van der Waals surface area contributed by atoms with Crippen LogP contribution in [-0.4, -0.2) is 9.97 Å². The van der Waals surface area contributed by atoms with Crippen LogP contribution in [0.4, 0.5) is 5.69 Å². The molecule has 1 unspecified atom stereocenters. The quantitative estimate of drug-likeness (QED) is 0.880. The van der Waals surface area contributed by atoms with Crippen LogP contribution in [-0.2, 0) is 0 Å². The minimum absolute atomic E-state index is 0.0799. The Balaban J connectivity index is 2.19. The number of hydrogen-bond donors (Lipinski definition) is 1. The zero-order chi connectivity index (χ0) is 11.4. The van der Waals surface area contributed by atoms with Crippen LogP contribution < -0.4 is 5.32 Å². The molecule has 0 aliphatic rings. The van der Waals surface area contributed by atoms with Gasteiger partial charge in [-0.05, 0) is 13.0 Å². The van der Waals surface area contributed by atoms with Crippen molar-refractivity contribution in [3.8, 4) is 6.07 Å². The second-order valence-corrected chi connectivity index (χ2v) is 4.20. The normalized spacial score (nSPS) is 11.8. The van der Waals surface area contributed by atoms with E-state index in [-0.39, 0.29) is 6.04 Å². The van der Waals surface area contributed by atoms with E-state index < -0.39 is 0 Å². The number of thiazole rings is 1. The molecule has 0 radical (unpaired) electrons. The summed E-state index contributed by atoms with van der Waals surface area (Å²) in [5.41, 5.74) is 1.34. The Hall–Kier alpha value is -1.93. The lowest BCUT2D eigenvalue weighted by atomic mass is 10.2. The van der Waals surface area contributed by atoms with Crippen molar-refractivity contribution in [1.82, 2.24) is 9.97 Å².